The number of halogens is 1. The summed E-state index contributed by atoms with van der Waals surface area (Å²) in [5, 5.41) is 9.26. The average Bonchev–Trinajstić information content (AvgIpc) is 3.39. The Kier molecular flexibility index (Phi) is 6.53. The van der Waals surface area contributed by atoms with E-state index < -0.39 is 0 Å². The smallest absolute Gasteiger partial charge is 0.266 e. The minimum Gasteiger partial charge on any atom is -0.489 e. The molecule has 1 N–H and O–H groups in total. The van der Waals surface area contributed by atoms with Gasteiger partial charge in [-0.1, -0.05) is 45.8 Å². The summed E-state index contributed by atoms with van der Waals surface area (Å²) in [6.45, 7) is 5.16. The van der Waals surface area contributed by atoms with Crippen LogP contribution in [0.2, 0.25) is 0 Å². The van der Waals surface area contributed by atoms with E-state index in [4.69, 9.17) is 4.74 Å². The fourth-order valence-electron chi connectivity index (χ4n) is 3.16. The number of nitrogens with zero attached hydrogens (tertiary/aromatic N) is 2. The number of nitrogens with one attached hydrogen (secondary N) is 1. The van der Waals surface area contributed by atoms with Gasteiger partial charge in [0.15, 0.2) is 5.82 Å². The quantitative estimate of drug-likeness (QED) is 0.331. The second-order valence-corrected chi connectivity index (χ2v) is 9.18. The van der Waals surface area contributed by atoms with Crippen molar-refractivity contribution in [3.8, 4) is 5.75 Å². The number of aryl methyl sites for hydroxylation is 2. The number of carbonyl (C=O) groups excluding carboxylic acids is 1. The fraction of sp³-hybridized carbons (Fsp3) is 0.167. The summed E-state index contributed by atoms with van der Waals surface area (Å²) in [5.41, 5.74) is 4.41. The molecule has 0 unspecified atom stereocenters. The Bertz CT molecular complexity index is 1200. The lowest BCUT2D eigenvalue weighted by Gasteiger charge is -2.08. The van der Waals surface area contributed by atoms with Crippen LogP contribution in [0.25, 0.3) is 0 Å². The van der Waals surface area contributed by atoms with Crippen molar-refractivity contribution in [2.24, 2.45) is 0 Å². The molecular formula is C24H22BrN3O2S. The molecule has 0 fully saturated rings. The minimum atomic E-state index is -0.170. The van der Waals surface area contributed by atoms with Crippen LogP contribution in [0, 0.1) is 13.8 Å². The summed E-state index contributed by atoms with van der Waals surface area (Å²) in [6, 6.07) is 17.8. The number of hydrogen-bond acceptors (Lipinski definition) is 4. The molecule has 31 heavy (non-hydrogen) atoms. The van der Waals surface area contributed by atoms with Gasteiger partial charge in [-0.2, -0.15) is 5.10 Å². The number of carbonyl (C=O) groups is 1. The highest BCUT2D eigenvalue weighted by molar-refractivity contribution is 9.10. The maximum atomic E-state index is 12.6. The third kappa shape index (κ3) is 5.62. The molecule has 7 heteroatoms. The zero-order valence-corrected chi connectivity index (χ0v) is 19.7. The molecule has 0 saturated heterocycles. The molecule has 0 atom stereocenters. The lowest BCUT2D eigenvalue weighted by atomic mass is 10.1. The third-order valence-electron chi connectivity index (χ3n) is 4.74. The van der Waals surface area contributed by atoms with Crippen molar-refractivity contribution in [3.63, 3.8) is 0 Å². The predicted octanol–water partition coefficient (Wildman–Crippen LogP) is 6.20. The van der Waals surface area contributed by atoms with Crippen LogP contribution in [-0.2, 0) is 13.2 Å². The Balaban J connectivity index is 1.33. The Labute approximate surface area is 193 Å². The highest BCUT2D eigenvalue weighted by Gasteiger charge is 2.12. The van der Waals surface area contributed by atoms with Crippen LogP contribution in [-0.4, -0.2) is 15.7 Å². The molecule has 2 aromatic heterocycles. The van der Waals surface area contributed by atoms with Crippen molar-refractivity contribution in [1.29, 1.82) is 0 Å². The van der Waals surface area contributed by atoms with Gasteiger partial charge in [0.25, 0.3) is 5.91 Å². The first-order valence-electron chi connectivity index (χ1n) is 9.83. The van der Waals surface area contributed by atoms with Crippen LogP contribution in [0.4, 0.5) is 5.82 Å². The van der Waals surface area contributed by atoms with Gasteiger partial charge < -0.3 is 10.1 Å². The van der Waals surface area contributed by atoms with E-state index in [2.05, 4.69) is 39.3 Å². The maximum absolute atomic E-state index is 12.6. The lowest BCUT2D eigenvalue weighted by molar-refractivity contribution is 0.103. The molecule has 0 radical (unpaired) electrons. The van der Waals surface area contributed by atoms with E-state index in [9.17, 15) is 4.79 Å². The molecule has 2 heterocycles. The van der Waals surface area contributed by atoms with Gasteiger partial charge in [-0.3, -0.25) is 9.48 Å². The monoisotopic (exact) mass is 495 g/mol. The van der Waals surface area contributed by atoms with Gasteiger partial charge in [0.1, 0.15) is 12.4 Å². The second-order valence-electron chi connectivity index (χ2n) is 7.36. The zero-order valence-electron chi connectivity index (χ0n) is 17.3. The van der Waals surface area contributed by atoms with Crippen LogP contribution in [0.15, 0.2) is 70.6 Å². The Hall–Kier alpha value is -2.90. The van der Waals surface area contributed by atoms with Crippen molar-refractivity contribution in [3.05, 3.63) is 97.8 Å². The molecule has 0 spiro atoms. The first kappa shape index (κ1) is 21.3. The second kappa shape index (κ2) is 9.49. The van der Waals surface area contributed by atoms with Crippen LogP contribution in [0.3, 0.4) is 0 Å². The van der Waals surface area contributed by atoms with E-state index in [1.165, 1.54) is 16.9 Å². The van der Waals surface area contributed by atoms with E-state index in [-0.39, 0.29) is 5.91 Å². The van der Waals surface area contributed by atoms with Crippen molar-refractivity contribution < 1.29 is 9.53 Å². The van der Waals surface area contributed by atoms with Crippen molar-refractivity contribution in [1.82, 2.24) is 9.78 Å². The molecule has 4 rings (SSSR count). The Morgan fingerprint density at radius 3 is 2.68 bits per heavy atom. The molecule has 0 aliphatic heterocycles. The molecule has 2 aromatic carbocycles. The largest absolute Gasteiger partial charge is 0.489 e. The Morgan fingerprint density at radius 2 is 1.90 bits per heavy atom. The third-order valence-corrected chi connectivity index (χ3v) is 6.25. The molecule has 0 aliphatic carbocycles. The number of thiophene rings is 1. The summed E-state index contributed by atoms with van der Waals surface area (Å²) in [4.78, 5) is 13.2. The van der Waals surface area contributed by atoms with Crippen molar-refractivity contribution in [2.45, 2.75) is 27.0 Å². The van der Waals surface area contributed by atoms with Gasteiger partial charge in [0.2, 0.25) is 0 Å². The highest BCUT2D eigenvalue weighted by atomic mass is 79.9. The van der Waals surface area contributed by atoms with Crippen molar-refractivity contribution >= 4 is 39.0 Å². The number of ether oxygens (including phenoxy) is 1. The number of amides is 1. The maximum Gasteiger partial charge on any atom is 0.266 e. The summed E-state index contributed by atoms with van der Waals surface area (Å²) in [5.74, 6) is 1.22. The number of benzene rings is 2. The summed E-state index contributed by atoms with van der Waals surface area (Å²) >= 11 is 4.83. The standard InChI is InChI=1S/C24H22BrN3O2S/c1-16-3-8-21(17(2)11-16)30-14-19-12-22(31-15-19)24(29)26-23-9-10-28(27-23)13-18-4-6-20(25)7-5-18/h3-12,15H,13-14H2,1-2H3,(H,26,27,29). The van der Waals surface area contributed by atoms with Crippen LogP contribution in [0.1, 0.15) is 31.9 Å². The van der Waals surface area contributed by atoms with E-state index in [1.807, 2.05) is 61.0 Å². The molecule has 4 aromatic rings. The molecule has 0 bridgehead atoms. The van der Waals surface area contributed by atoms with Gasteiger partial charge in [-0.25, -0.2) is 0 Å². The highest BCUT2D eigenvalue weighted by Crippen LogP contribution is 2.22. The summed E-state index contributed by atoms with van der Waals surface area (Å²) in [7, 11) is 0. The SMILES string of the molecule is Cc1ccc(OCc2csc(C(=O)Nc3ccn(Cc4ccc(Br)cc4)n3)c2)c(C)c1. The van der Waals surface area contributed by atoms with Crippen LogP contribution in [0.5, 0.6) is 5.75 Å². The molecule has 1 amide bonds. The van der Waals surface area contributed by atoms with Crippen molar-refractivity contribution in [2.75, 3.05) is 5.32 Å². The summed E-state index contributed by atoms with van der Waals surface area (Å²) in [6.07, 6.45) is 1.86. The first-order valence-corrected chi connectivity index (χ1v) is 11.5. The number of aromatic nitrogens is 2. The molecule has 0 saturated carbocycles. The molecular weight excluding hydrogens is 474 g/mol. The van der Waals surface area contributed by atoms with Gasteiger partial charge in [-0.15, -0.1) is 11.3 Å². The first-order chi connectivity index (χ1) is 15.0. The topological polar surface area (TPSA) is 56.1 Å². The fourth-order valence-corrected chi connectivity index (χ4v) is 4.22. The molecule has 0 aliphatic rings. The predicted molar refractivity (Wildman–Crippen MR) is 128 cm³/mol. The number of hydrogen-bond donors (Lipinski definition) is 1. The number of rotatable bonds is 7. The van der Waals surface area contributed by atoms with E-state index >= 15 is 0 Å². The van der Waals surface area contributed by atoms with E-state index in [1.54, 1.807) is 10.7 Å². The van der Waals surface area contributed by atoms with Gasteiger partial charge in [-0.05, 0) is 54.6 Å². The normalized spacial score (nSPS) is 10.8. The van der Waals surface area contributed by atoms with E-state index in [0.29, 0.717) is 23.8 Å². The van der Waals surface area contributed by atoms with Gasteiger partial charge in [0, 0.05) is 22.3 Å². The van der Waals surface area contributed by atoms with Gasteiger partial charge >= 0.3 is 0 Å². The molecule has 158 valence electrons. The zero-order chi connectivity index (χ0) is 21.8. The average molecular weight is 496 g/mol. The van der Waals surface area contributed by atoms with E-state index in [0.717, 1.165) is 26.9 Å². The number of anilines is 1. The molecule has 5 nitrogen and oxygen atoms in total. The lowest BCUT2D eigenvalue weighted by Crippen LogP contribution is -2.11. The Morgan fingerprint density at radius 1 is 1.10 bits per heavy atom. The van der Waals surface area contributed by atoms with Crippen LogP contribution >= 0.6 is 27.3 Å². The summed E-state index contributed by atoms with van der Waals surface area (Å²) < 4.78 is 8.76. The minimum absolute atomic E-state index is 0.170. The van der Waals surface area contributed by atoms with Crippen LogP contribution < -0.4 is 10.1 Å². The van der Waals surface area contributed by atoms with Gasteiger partial charge in [0.05, 0.1) is 11.4 Å².